The Morgan fingerprint density at radius 2 is 2.17 bits per heavy atom. The van der Waals surface area contributed by atoms with Gasteiger partial charge in [-0.1, -0.05) is 23.7 Å². The van der Waals surface area contributed by atoms with Gasteiger partial charge in [0.15, 0.2) is 5.78 Å². The number of aromatic nitrogens is 1. The zero-order valence-corrected chi connectivity index (χ0v) is 13.0. The molecule has 120 valence electrons. The molecule has 2 heterocycles. The molecule has 3 rings (SSSR count). The number of benzene rings is 1. The van der Waals surface area contributed by atoms with Gasteiger partial charge in [-0.2, -0.15) is 0 Å². The molecule has 1 aromatic carbocycles. The van der Waals surface area contributed by atoms with E-state index in [1.165, 1.54) is 6.20 Å². The topological polar surface area (TPSA) is 42.0 Å². The van der Waals surface area contributed by atoms with Crippen LogP contribution in [0.25, 0.3) is 11.3 Å². The van der Waals surface area contributed by atoms with Crippen molar-refractivity contribution in [3.63, 3.8) is 0 Å². The first-order valence-electron chi connectivity index (χ1n) is 7.34. The predicted molar refractivity (Wildman–Crippen MR) is 84.7 cm³/mol. The first-order valence-corrected chi connectivity index (χ1v) is 7.72. The van der Waals surface area contributed by atoms with Crippen molar-refractivity contribution in [3.8, 4) is 11.3 Å². The Kier molecular flexibility index (Phi) is 4.68. The van der Waals surface area contributed by atoms with E-state index in [1.54, 1.807) is 30.3 Å². The van der Waals surface area contributed by atoms with E-state index in [4.69, 9.17) is 11.6 Å². The molecule has 1 aromatic heterocycles. The van der Waals surface area contributed by atoms with Crippen LogP contribution in [0.5, 0.6) is 0 Å². The van der Waals surface area contributed by atoms with Crippen molar-refractivity contribution in [1.29, 1.82) is 0 Å². The highest BCUT2D eigenvalue weighted by molar-refractivity contribution is 6.33. The summed E-state index contributed by atoms with van der Waals surface area (Å²) in [6, 6.07) is 7.53. The minimum atomic E-state index is -1.02. The van der Waals surface area contributed by atoms with Crippen molar-refractivity contribution in [3.05, 3.63) is 52.9 Å². The third-order valence-electron chi connectivity index (χ3n) is 3.92. The molecule has 1 aliphatic heterocycles. The van der Waals surface area contributed by atoms with E-state index >= 15 is 0 Å². The molecule has 2 aromatic rings. The van der Waals surface area contributed by atoms with E-state index in [2.05, 4.69) is 10.3 Å². The summed E-state index contributed by atoms with van der Waals surface area (Å²) in [4.78, 5) is 16.3. The maximum Gasteiger partial charge on any atom is 0.154 e. The molecule has 1 aliphatic rings. The summed E-state index contributed by atoms with van der Waals surface area (Å²) < 4.78 is 27.9. The number of pyridine rings is 1. The number of nitrogens with one attached hydrogen (secondary N) is 1. The highest BCUT2D eigenvalue weighted by Crippen LogP contribution is 2.29. The number of hydrogen-bond donors (Lipinski definition) is 1. The van der Waals surface area contributed by atoms with E-state index in [0.717, 1.165) is 0 Å². The van der Waals surface area contributed by atoms with Crippen molar-refractivity contribution in [2.75, 3.05) is 6.54 Å². The van der Waals surface area contributed by atoms with E-state index in [0.29, 0.717) is 10.7 Å². The Morgan fingerprint density at radius 3 is 2.87 bits per heavy atom. The average molecular weight is 337 g/mol. The van der Waals surface area contributed by atoms with Gasteiger partial charge in [0.1, 0.15) is 12.0 Å². The Morgan fingerprint density at radius 1 is 1.35 bits per heavy atom. The number of carbonyl (C=O) groups is 1. The fraction of sp³-hybridized carbons (Fsp3) is 0.294. The Balaban J connectivity index is 1.86. The molecule has 0 aliphatic carbocycles. The number of ketones is 1. The number of nitrogens with zero attached hydrogens (tertiary/aromatic N) is 1. The van der Waals surface area contributed by atoms with Gasteiger partial charge in [-0.3, -0.25) is 9.78 Å². The third kappa shape index (κ3) is 3.41. The van der Waals surface area contributed by atoms with Gasteiger partial charge in [0.05, 0.1) is 16.8 Å². The zero-order chi connectivity index (χ0) is 16.4. The van der Waals surface area contributed by atoms with Crippen molar-refractivity contribution >= 4 is 17.4 Å². The molecule has 23 heavy (non-hydrogen) atoms. The largest absolute Gasteiger partial charge is 0.304 e. The van der Waals surface area contributed by atoms with E-state index < -0.39 is 18.0 Å². The lowest BCUT2D eigenvalue weighted by Crippen LogP contribution is -2.32. The average Bonchev–Trinajstić information content (AvgIpc) is 2.97. The van der Waals surface area contributed by atoms with E-state index in [-0.39, 0.29) is 36.3 Å². The highest BCUT2D eigenvalue weighted by Gasteiger charge is 2.29. The molecule has 0 saturated carbocycles. The summed E-state index contributed by atoms with van der Waals surface area (Å²) in [6.45, 7) is 0.169. The fourth-order valence-corrected chi connectivity index (χ4v) is 2.96. The lowest BCUT2D eigenvalue weighted by Gasteiger charge is -2.11. The molecule has 0 radical (unpaired) electrons. The number of rotatable bonds is 4. The molecule has 0 unspecified atom stereocenters. The monoisotopic (exact) mass is 336 g/mol. The minimum absolute atomic E-state index is 0.0888. The second-order valence-corrected chi connectivity index (χ2v) is 5.96. The predicted octanol–water partition coefficient (Wildman–Crippen LogP) is 3.35. The maximum absolute atomic E-state index is 14.7. The SMILES string of the molecule is O=C(Cc1cccc(-c2ncccc2Cl)c1F)[C@@H]1C[C@@H](F)CN1. The van der Waals surface area contributed by atoms with Gasteiger partial charge < -0.3 is 5.32 Å². The molecule has 0 amide bonds. The first-order chi connectivity index (χ1) is 11.1. The quantitative estimate of drug-likeness (QED) is 0.931. The van der Waals surface area contributed by atoms with Crippen molar-refractivity contribution in [1.82, 2.24) is 10.3 Å². The molecule has 3 nitrogen and oxygen atoms in total. The number of alkyl halides is 1. The summed E-state index contributed by atoms with van der Waals surface area (Å²) in [5, 5.41) is 3.16. The smallest absolute Gasteiger partial charge is 0.154 e. The maximum atomic E-state index is 14.7. The van der Waals surface area contributed by atoms with Gasteiger partial charge in [-0.15, -0.1) is 0 Å². The standard InChI is InChI=1S/C17H15ClF2N2O/c18-13-5-2-6-21-17(13)12-4-1-3-10(16(12)20)7-15(23)14-8-11(19)9-22-14/h1-6,11,14,22H,7-9H2/t11-,14+/m1/s1. The molecule has 2 atom stereocenters. The van der Waals surface area contributed by atoms with Crippen LogP contribution in [-0.4, -0.2) is 29.5 Å². The second kappa shape index (κ2) is 6.72. The lowest BCUT2D eigenvalue weighted by molar-refractivity contribution is -0.120. The van der Waals surface area contributed by atoms with Crippen LogP contribution in [0.3, 0.4) is 0 Å². The number of halogens is 3. The van der Waals surface area contributed by atoms with Gasteiger partial charge in [0, 0.05) is 31.1 Å². The van der Waals surface area contributed by atoms with Crippen LogP contribution >= 0.6 is 11.6 Å². The minimum Gasteiger partial charge on any atom is -0.304 e. The normalized spacial score (nSPS) is 20.7. The van der Waals surface area contributed by atoms with Gasteiger partial charge in [-0.05, 0) is 23.8 Å². The molecule has 0 bridgehead atoms. The van der Waals surface area contributed by atoms with Crippen LogP contribution in [0.2, 0.25) is 5.02 Å². The summed E-state index contributed by atoms with van der Waals surface area (Å²) in [5.41, 5.74) is 0.853. The summed E-state index contributed by atoms with van der Waals surface area (Å²) in [5.74, 6) is -0.732. The van der Waals surface area contributed by atoms with Gasteiger partial charge in [-0.25, -0.2) is 8.78 Å². The van der Waals surface area contributed by atoms with Gasteiger partial charge in [0.2, 0.25) is 0 Å². The van der Waals surface area contributed by atoms with Gasteiger partial charge in [0.25, 0.3) is 0 Å². The Labute approximate surface area is 137 Å². The third-order valence-corrected chi connectivity index (χ3v) is 4.23. The highest BCUT2D eigenvalue weighted by atomic mass is 35.5. The lowest BCUT2D eigenvalue weighted by atomic mass is 9.99. The summed E-state index contributed by atoms with van der Waals surface area (Å²) in [7, 11) is 0. The Hall–Kier alpha value is -1.85. The summed E-state index contributed by atoms with van der Waals surface area (Å²) >= 11 is 6.06. The molecule has 6 heteroatoms. The van der Waals surface area contributed by atoms with Crippen LogP contribution in [0, 0.1) is 5.82 Å². The molecular weight excluding hydrogens is 322 g/mol. The molecule has 0 spiro atoms. The molecule has 1 N–H and O–H groups in total. The van der Waals surface area contributed by atoms with Crippen molar-refractivity contribution < 1.29 is 13.6 Å². The number of carbonyl (C=O) groups excluding carboxylic acids is 1. The Bertz CT molecular complexity index is 738. The van der Waals surface area contributed by atoms with E-state index in [9.17, 15) is 13.6 Å². The van der Waals surface area contributed by atoms with Crippen LogP contribution < -0.4 is 5.32 Å². The number of Topliss-reactive ketones (excluding diaryl/α,β-unsaturated/α-hetero) is 1. The van der Waals surface area contributed by atoms with Crippen LogP contribution in [-0.2, 0) is 11.2 Å². The van der Waals surface area contributed by atoms with Crippen LogP contribution in [0.4, 0.5) is 8.78 Å². The first kappa shape index (κ1) is 16.0. The zero-order valence-electron chi connectivity index (χ0n) is 12.2. The van der Waals surface area contributed by atoms with Crippen molar-refractivity contribution in [2.24, 2.45) is 0 Å². The second-order valence-electron chi connectivity index (χ2n) is 5.55. The number of hydrogen-bond acceptors (Lipinski definition) is 3. The van der Waals surface area contributed by atoms with Crippen LogP contribution in [0.15, 0.2) is 36.5 Å². The molecular formula is C17H15ClF2N2O. The molecule has 1 saturated heterocycles. The van der Waals surface area contributed by atoms with E-state index in [1.807, 2.05) is 0 Å². The van der Waals surface area contributed by atoms with Crippen molar-refractivity contribution in [2.45, 2.75) is 25.1 Å². The van der Waals surface area contributed by atoms with Gasteiger partial charge >= 0.3 is 0 Å². The molecule has 1 fully saturated rings. The fourth-order valence-electron chi connectivity index (χ4n) is 2.73. The van der Waals surface area contributed by atoms with Crippen LogP contribution in [0.1, 0.15) is 12.0 Å². The summed E-state index contributed by atoms with van der Waals surface area (Å²) in [6.07, 6.45) is 0.565.